The Labute approximate surface area is 134 Å². The van der Waals surface area contributed by atoms with Crippen LogP contribution in [0.3, 0.4) is 0 Å². The minimum Gasteiger partial charge on any atom is -0.324 e. The van der Waals surface area contributed by atoms with Gasteiger partial charge in [-0.3, -0.25) is 14.2 Å². The summed E-state index contributed by atoms with van der Waals surface area (Å²) in [5, 5.41) is 7.62. The van der Waals surface area contributed by atoms with Gasteiger partial charge in [-0.05, 0) is 32.3 Å². The van der Waals surface area contributed by atoms with Crippen molar-refractivity contribution in [3.8, 4) is 6.07 Å². The van der Waals surface area contributed by atoms with Crippen LogP contribution in [0, 0.1) is 23.2 Å². The molecule has 2 rings (SSSR count). The molecule has 1 aromatic rings. The van der Waals surface area contributed by atoms with Crippen LogP contribution in [0.2, 0.25) is 0 Å². The highest BCUT2D eigenvalue weighted by atomic mass is 31.2. The molecule has 0 aliphatic heterocycles. The van der Waals surface area contributed by atoms with Gasteiger partial charge < -0.3 is 9.79 Å². The predicted molar refractivity (Wildman–Crippen MR) is 82.7 cm³/mol. The smallest absolute Gasteiger partial charge is 0.324 e. The molecule has 23 heavy (non-hydrogen) atoms. The molecular formula is C16H18NO5P. The van der Waals surface area contributed by atoms with Crippen molar-refractivity contribution in [2.45, 2.75) is 31.8 Å². The predicted octanol–water partition coefficient (Wildman–Crippen LogP) is 2.40. The SMILES string of the molecule is CC(C)(c1ccccc1C(=O)C(C#N)C(=O)C1CC1)P(=O)(O)O. The van der Waals surface area contributed by atoms with Crippen LogP contribution in [-0.4, -0.2) is 21.4 Å². The van der Waals surface area contributed by atoms with Gasteiger partial charge in [-0.1, -0.05) is 24.3 Å². The van der Waals surface area contributed by atoms with E-state index in [0.717, 1.165) is 0 Å². The number of Topliss-reactive ketones (excluding diaryl/α,β-unsaturated/α-hetero) is 2. The fourth-order valence-corrected chi connectivity index (χ4v) is 2.91. The molecule has 1 fully saturated rings. The van der Waals surface area contributed by atoms with Gasteiger partial charge in [0, 0.05) is 11.5 Å². The topological polar surface area (TPSA) is 115 Å². The first kappa shape index (κ1) is 17.6. The van der Waals surface area contributed by atoms with Crippen LogP contribution < -0.4 is 0 Å². The molecule has 0 radical (unpaired) electrons. The second-order valence-electron chi connectivity index (χ2n) is 6.25. The van der Waals surface area contributed by atoms with E-state index in [-0.39, 0.29) is 17.0 Å². The van der Waals surface area contributed by atoms with E-state index >= 15 is 0 Å². The normalized spacial score (nSPS) is 16.5. The van der Waals surface area contributed by atoms with Gasteiger partial charge >= 0.3 is 7.60 Å². The minimum atomic E-state index is -4.55. The first-order chi connectivity index (χ1) is 10.6. The molecule has 1 unspecified atom stereocenters. The standard InChI is InChI=1S/C16H18NO5P/c1-16(2,23(20,21)22)13-6-4-3-5-11(13)15(19)12(9-17)14(18)10-7-8-10/h3-6,10,12H,7-8H2,1-2H3,(H2,20,21,22). The second-order valence-corrected chi connectivity index (χ2v) is 8.46. The lowest BCUT2D eigenvalue weighted by atomic mass is 9.87. The first-order valence-corrected chi connectivity index (χ1v) is 8.85. The largest absolute Gasteiger partial charge is 0.335 e. The molecule has 0 heterocycles. The molecule has 0 bridgehead atoms. The molecule has 7 heteroatoms. The molecule has 1 aromatic carbocycles. The van der Waals surface area contributed by atoms with E-state index in [1.165, 1.54) is 26.0 Å². The quantitative estimate of drug-likeness (QED) is 0.468. The average Bonchev–Trinajstić information content (AvgIpc) is 3.31. The van der Waals surface area contributed by atoms with Gasteiger partial charge in [0.05, 0.1) is 11.2 Å². The van der Waals surface area contributed by atoms with Crippen molar-refractivity contribution in [2.24, 2.45) is 11.8 Å². The zero-order valence-corrected chi connectivity index (χ0v) is 13.8. The summed E-state index contributed by atoms with van der Waals surface area (Å²) >= 11 is 0. The summed E-state index contributed by atoms with van der Waals surface area (Å²) in [4.78, 5) is 43.9. The summed E-state index contributed by atoms with van der Waals surface area (Å²) in [6, 6.07) is 7.70. The van der Waals surface area contributed by atoms with E-state index in [9.17, 15) is 29.2 Å². The summed E-state index contributed by atoms with van der Waals surface area (Å²) in [5.74, 6) is -2.76. The second kappa shape index (κ2) is 6.01. The van der Waals surface area contributed by atoms with E-state index in [2.05, 4.69) is 0 Å². The fraction of sp³-hybridized carbons (Fsp3) is 0.438. The number of carbonyl (C=O) groups excluding carboxylic acids is 2. The number of nitrogens with zero attached hydrogens (tertiary/aromatic N) is 1. The molecule has 1 saturated carbocycles. The van der Waals surface area contributed by atoms with Gasteiger partial charge in [-0.25, -0.2) is 0 Å². The highest BCUT2D eigenvalue weighted by Gasteiger charge is 2.44. The molecular weight excluding hydrogens is 317 g/mol. The summed E-state index contributed by atoms with van der Waals surface area (Å²) in [7, 11) is -4.55. The lowest BCUT2D eigenvalue weighted by Crippen LogP contribution is -2.28. The fourth-order valence-electron chi connectivity index (χ4n) is 2.40. The van der Waals surface area contributed by atoms with Crippen LogP contribution in [0.1, 0.15) is 42.6 Å². The Morgan fingerprint density at radius 3 is 2.35 bits per heavy atom. The zero-order valence-electron chi connectivity index (χ0n) is 12.9. The van der Waals surface area contributed by atoms with Crippen molar-refractivity contribution in [1.82, 2.24) is 0 Å². The lowest BCUT2D eigenvalue weighted by Gasteiger charge is -2.28. The molecule has 0 spiro atoms. The van der Waals surface area contributed by atoms with Gasteiger partial charge in [-0.15, -0.1) is 0 Å². The zero-order chi connectivity index (χ0) is 17.4. The monoisotopic (exact) mass is 335 g/mol. The Bertz CT molecular complexity index is 739. The van der Waals surface area contributed by atoms with E-state index in [1.807, 2.05) is 0 Å². The Kier molecular flexibility index (Phi) is 4.59. The van der Waals surface area contributed by atoms with E-state index < -0.39 is 30.2 Å². The number of benzene rings is 1. The van der Waals surface area contributed by atoms with Crippen LogP contribution >= 0.6 is 7.60 Å². The molecule has 122 valence electrons. The van der Waals surface area contributed by atoms with Crippen molar-refractivity contribution in [3.63, 3.8) is 0 Å². The van der Waals surface area contributed by atoms with Crippen LogP contribution in [0.5, 0.6) is 0 Å². The average molecular weight is 335 g/mol. The van der Waals surface area contributed by atoms with E-state index in [1.54, 1.807) is 18.2 Å². The third-order valence-electron chi connectivity index (χ3n) is 4.24. The van der Waals surface area contributed by atoms with Gasteiger partial charge in [0.1, 0.15) is 0 Å². The Morgan fingerprint density at radius 1 is 1.30 bits per heavy atom. The maximum Gasteiger partial charge on any atom is 0.335 e. The molecule has 1 atom stereocenters. The number of ketones is 2. The number of rotatable bonds is 6. The van der Waals surface area contributed by atoms with E-state index in [0.29, 0.717) is 12.8 Å². The van der Waals surface area contributed by atoms with Crippen molar-refractivity contribution in [3.05, 3.63) is 35.4 Å². The summed E-state index contributed by atoms with van der Waals surface area (Å²) < 4.78 is 11.8. The Balaban J connectivity index is 2.48. The molecule has 1 aliphatic carbocycles. The van der Waals surface area contributed by atoms with Crippen LogP contribution in [0.4, 0.5) is 0 Å². The van der Waals surface area contributed by atoms with Crippen molar-refractivity contribution >= 4 is 19.2 Å². The first-order valence-electron chi connectivity index (χ1n) is 7.24. The minimum absolute atomic E-state index is 0.0152. The van der Waals surface area contributed by atoms with Crippen LogP contribution in [-0.2, 0) is 14.5 Å². The molecule has 0 amide bonds. The highest BCUT2D eigenvalue weighted by molar-refractivity contribution is 7.53. The van der Waals surface area contributed by atoms with Crippen LogP contribution in [0.25, 0.3) is 0 Å². The summed E-state index contributed by atoms with van der Waals surface area (Å²) in [6.45, 7) is 2.67. The number of hydrogen-bond donors (Lipinski definition) is 2. The van der Waals surface area contributed by atoms with E-state index in [4.69, 9.17) is 0 Å². The maximum atomic E-state index is 12.6. The lowest BCUT2D eigenvalue weighted by molar-refractivity contribution is -0.121. The van der Waals surface area contributed by atoms with Gasteiger partial charge in [0.2, 0.25) is 0 Å². The highest BCUT2D eigenvalue weighted by Crippen LogP contribution is 2.57. The van der Waals surface area contributed by atoms with Crippen LogP contribution in [0.15, 0.2) is 24.3 Å². The Hall–Kier alpha value is -1.80. The summed E-state index contributed by atoms with van der Waals surface area (Å²) in [5.41, 5.74) is 0.156. The third kappa shape index (κ3) is 3.28. The maximum absolute atomic E-state index is 12.6. The molecule has 0 aromatic heterocycles. The summed E-state index contributed by atoms with van der Waals surface area (Å²) in [6.07, 6.45) is 1.36. The molecule has 1 aliphatic rings. The molecule has 0 saturated heterocycles. The van der Waals surface area contributed by atoms with Gasteiger partial charge in [-0.2, -0.15) is 5.26 Å². The third-order valence-corrected chi connectivity index (χ3v) is 5.93. The Morgan fingerprint density at radius 2 is 1.87 bits per heavy atom. The number of carbonyl (C=O) groups is 2. The van der Waals surface area contributed by atoms with Crippen molar-refractivity contribution < 1.29 is 23.9 Å². The number of nitriles is 1. The van der Waals surface area contributed by atoms with Gasteiger partial charge in [0.25, 0.3) is 0 Å². The van der Waals surface area contributed by atoms with Gasteiger partial charge in [0.15, 0.2) is 17.5 Å². The molecule has 2 N–H and O–H groups in total. The van der Waals surface area contributed by atoms with Crippen molar-refractivity contribution in [2.75, 3.05) is 0 Å². The van der Waals surface area contributed by atoms with Crippen molar-refractivity contribution in [1.29, 1.82) is 5.26 Å². The molecule has 6 nitrogen and oxygen atoms in total. The number of hydrogen-bond acceptors (Lipinski definition) is 4.